The van der Waals surface area contributed by atoms with E-state index in [9.17, 15) is 13.2 Å². The minimum Gasteiger partial charge on any atom is -0.376 e. The Balaban J connectivity index is 1.69. The zero-order valence-electron chi connectivity index (χ0n) is 19.1. The minimum atomic E-state index is -3.69. The molecule has 0 aliphatic heterocycles. The molecular weight excluding hydrogens is 436 g/mol. The summed E-state index contributed by atoms with van der Waals surface area (Å²) in [5.41, 5.74) is 8.80. The Kier molecular flexibility index (Phi) is 7.53. The molecular formula is C25H30N4O3S. The molecule has 0 atom stereocenters. The first-order chi connectivity index (χ1) is 15.6. The SMILES string of the molecule is CC(C)(C)NS(=O)(=O)c1ccccc1-c1ccc(NCC(=O)Nc2cccc(CN)c2)cc1. The summed E-state index contributed by atoms with van der Waals surface area (Å²) in [6.45, 7) is 5.91. The maximum atomic E-state index is 12.9. The van der Waals surface area contributed by atoms with Gasteiger partial charge in [-0.25, -0.2) is 13.1 Å². The Labute approximate surface area is 195 Å². The Morgan fingerprint density at radius 2 is 1.61 bits per heavy atom. The number of sulfonamides is 1. The van der Waals surface area contributed by atoms with Crippen LogP contribution in [-0.4, -0.2) is 26.4 Å². The Bertz CT molecular complexity index is 1220. The highest BCUT2D eigenvalue weighted by atomic mass is 32.2. The van der Waals surface area contributed by atoms with Crippen LogP contribution in [0.4, 0.5) is 11.4 Å². The summed E-state index contributed by atoms with van der Waals surface area (Å²) < 4.78 is 28.5. The number of amides is 1. The first kappa shape index (κ1) is 24.4. The van der Waals surface area contributed by atoms with E-state index in [0.29, 0.717) is 17.8 Å². The number of rotatable bonds is 8. The van der Waals surface area contributed by atoms with Crippen molar-refractivity contribution in [2.45, 2.75) is 37.8 Å². The highest BCUT2D eigenvalue weighted by molar-refractivity contribution is 7.89. The Morgan fingerprint density at radius 3 is 2.27 bits per heavy atom. The third-order valence-electron chi connectivity index (χ3n) is 4.71. The second kappa shape index (κ2) is 10.2. The molecule has 8 heteroatoms. The van der Waals surface area contributed by atoms with Crippen molar-refractivity contribution >= 4 is 27.3 Å². The highest BCUT2D eigenvalue weighted by Gasteiger charge is 2.24. The lowest BCUT2D eigenvalue weighted by Crippen LogP contribution is -2.40. The topological polar surface area (TPSA) is 113 Å². The number of carbonyl (C=O) groups excluding carboxylic acids is 1. The van der Waals surface area contributed by atoms with Gasteiger partial charge in [-0.3, -0.25) is 4.79 Å². The van der Waals surface area contributed by atoms with E-state index < -0.39 is 15.6 Å². The minimum absolute atomic E-state index is 0.0899. The van der Waals surface area contributed by atoms with Gasteiger partial charge >= 0.3 is 0 Å². The molecule has 0 aliphatic rings. The molecule has 174 valence electrons. The molecule has 0 saturated heterocycles. The van der Waals surface area contributed by atoms with E-state index in [1.807, 2.05) is 54.6 Å². The highest BCUT2D eigenvalue weighted by Crippen LogP contribution is 2.29. The van der Waals surface area contributed by atoms with Gasteiger partial charge in [0.2, 0.25) is 15.9 Å². The van der Waals surface area contributed by atoms with E-state index in [1.54, 1.807) is 39.0 Å². The second-order valence-electron chi connectivity index (χ2n) is 8.74. The number of nitrogens with two attached hydrogens (primary N) is 1. The van der Waals surface area contributed by atoms with Crippen molar-refractivity contribution in [1.82, 2.24) is 4.72 Å². The monoisotopic (exact) mass is 466 g/mol. The van der Waals surface area contributed by atoms with Crippen LogP contribution in [0.15, 0.2) is 77.7 Å². The van der Waals surface area contributed by atoms with Gasteiger partial charge in [0, 0.05) is 29.0 Å². The number of nitrogens with one attached hydrogen (secondary N) is 3. The van der Waals surface area contributed by atoms with E-state index in [-0.39, 0.29) is 17.3 Å². The molecule has 1 amide bonds. The molecule has 0 unspecified atom stereocenters. The fourth-order valence-electron chi connectivity index (χ4n) is 3.33. The molecule has 0 heterocycles. The van der Waals surface area contributed by atoms with Crippen LogP contribution in [0.25, 0.3) is 11.1 Å². The molecule has 3 aromatic rings. The number of benzene rings is 3. The summed E-state index contributed by atoms with van der Waals surface area (Å²) in [5.74, 6) is -0.182. The summed E-state index contributed by atoms with van der Waals surface area (Å²) in [6.07, 6.45) is 0. The van der Waals surface area contributed by atoms with Crippen LogP contribution >= 0.6 is 0 Å². The maximum absolute atomic E-state index is 12.9. The molecule has 0 bridgehead atoms. The average molecular weight is 467 g/mol. The van der Waals surface area contributed by atoms with Crippen LogP contribution in [0, 0.1) is 0 Å². The van der Waals surface area contributed by atoms with E-state index in [0.717, 1.165) is 16.8 Å². The van der Waals surface area contributed by atoms with Crippen molar-refractivity contribution in [3.63, 3.8) is 0 Å². The normalized spacial score (nSPS) is 11.8. The van der Waals surface area contributed by atoms with Crippen LogP contribution in [0.3, 0.4) is 0 Å². The lowest BCUT2D eigenvalue weighted by atomic mass is 10.1. The fraction of sp³-hybridized carbons (Fsp3) is 0.240. The Hall–Kier alpha value is -3.20. The molecule has 0 fully saturated rings. The van der Waals surface area contributed by atoms with Gasteiger partial charge in [0.1, 0.15) is 0 Å². The van der Waals surface area contributed by atoms with Crippen LogP contribution in [0.2, 0.25) is 0 Å². The van der Waals surface area contributed by atoms with Gasteiger partial charge in [-0.15, -0.1) is 0 Å². The molecule has 3 rings (SSSR count). The smallest absolute Gasteiger partial charge is 0.243 e. The molecule has 3 aromatic carbocycles. The molecule has 0 aromatic heterocycles. The van der Waals surface area contributed by atoms with Crippen LogP contribution in [0.1, 0.15) is 26.3 Å². The third-order valence-corrected chi connectivity index (χ3v) is 6.53. The molecule has 0 radical (unpaired) electrons. The number of hydrogen-bond acceptors (Lipinski definition) is 5. The average Bonchev–Trinajstić information content (AvgIpc) is 2.76. The summed E-state index contributed by atoms with van der Waals surface area (Å²) in [7, 11) is -3.69. The molecule has 5 N–H and O–H groups in total. The van der Waals surface area contributed by atoms with Crippen molar-refractivity contribution in [3.05, 3.63) is 78.4 Å². The lowest BCUT2D eigenvalue weighted by molar-refractivity contribution is -0.114. The lowest BCUT2D eigenvalue weighted by Gasteiger charge is -2.21. The van der Waals surface area contributed by atoms with E-state index in [4.69, 9.17) is 5.73 Å². The summed E-state index contributed by atoms with van der Waals surface area (Å²) in [6, 6.07) is 21.6. The van der Waals surface area contributed by atoms with Crippen molar-refractivity contribution in [1.29, 1.82) is 0 Å². The van der Waals surface area contributed by atoms with Gasteiger partial charge in [-0.2, -0.15) is 0 Å². The van der Waals surface area contributed by atoms with Crippen molar-refractivity contribution in [2.24, 2.45) is 5.73 Å². The van der Waals surface area contributed by atoms with Gasteiger partial charge < -0.3 is 16.4 Å². The first-order valence-corrected chi connectivity index (χ1v) is 12.1. The van der Waals surface area contributed by atoms with Crippen LogP contribution in [0.5, 0.6) is 0 Å². The quantitative estimate of drug-likeness (QED) is 0.402. The molecule has 7 nitrogen and oxygen atoms in total. The fourth-order valence-corrected chi connectivity index (χ4v) is 4.98. The third kappa shape index (κ3) is 6.89. The number of carbonyl (C=O) groups is 1. The standard InChI is InChI=1S/C25H30N4O3S/c1-25(2,3)29-33(31,32)23-10-5-4-9-22(23)19-11-13-20(14-12-19)27-17-24(30)28-21-8-6-7-18(15-21)16-26/h4-15,27,29H,16-17,26H2,1-3H3,(H,28,30). The van der Waals surface area contributed by atoms with E-state index >= 15 is 0 Å². The van der Waals surface area contributed by atoms with Crippen LogP contribution in [-0.2, 0) is 21.4 Å². The largest absolute Gasteiger partial charge is 0.376 e. The van der Waals surface area contributed by atoms with Gasteiger partial charge in [0.15, 0.2) is 0 Å². The summed E-state index contributed by atoms with van der Waals surface area (Å²) in [4.78, 5) is 12.5. The zero-order valence-corrected chi connectivity index (χ0v) is 19.9. The van der Waals surface area contributed by atoms with Gasteiger partial charge in [-0.05, 0) is 62.2 Å². The van der Waals surface area contributed by atoms with E-state index in [2.05, 4.69) is 15.4 Å². The van der Waals surface area contributed by atoms with Crippen LogP contribution < -0.4 is 21.1 Å². The van der Waals surface area contributed by atoms with Gasteiger partial charge in [0.25, 0.3) is 0 Å². The predicted octanol–water partition coefficient (Wildman–Crippen LogP) is 3.94. The summed E-state index contributed by atoms with van der Waals surface area (Å²) in [5, 5.41) is 5.92. The maximum Gasteiger partial charge on any atom is 0.243 e. The van der Waals surface area contributed by atoms with Gasteiger partial charge in [-0.1, -0.05) is 42.5 Å². The van der Waals surface area contributed by atoms with E-state index in [1.165, 1.54) is 0 Å². The predicted molar refractivity (Wildman–Crippen MR) is 133 cm³/mol. The first-order valence-electron chi connectivity index (χ1n) is 10.6. The molecule has 0 saturated carbocycles. The molecule has 0 aliphatic carbocycles. The second-order valence-corrected chi connectivity index (χ2v) is 10.4. The molecule has 0 spiro atoms. The van der Waals surface area contributed by atoms with Crippen molar-refractivity contribution in [3.8, 4) is 11.1 Å². The molecule has 33 heavy (non-hydrogen) atoms. The van der Waals surface area contributed by atoms with Crippen molar-refractivity contribution in [2.75, 3.05) is 17.2 Å². The van der Waals surface area contributed by atoms with Crippen molar-refractivity contribution < 1.29 is 13.2 Å². The zero-order chi connectivity index (χ0) is 24.1. The number of anilines is 2. The number of hydrogen-bond donors (Lipinski definition) is 4. The summed E-state index contributed by atoms with van der Waals surface area (Å²) >= 11 is 0. The van der Waals surface area contributed by atoms with Gasteiger partial charge in [0.05, 0.1) is 11.4 Å². The Morgan fingerprint density at radius 1 is 0.909 bits per heavy atom.